The number of rotatable bonds is 4. The maximum atomic E-state index is 9.25. The first-order valence-electron chi connectivity index (χ1n) is 8.43. The van der Waals surface area contributed by atoms with Crippen molar-refractivity contribution in [2.75, 3.05) is 10.6 Å². The summed E-state index contributed by atoms with van der Waals surface area (Å²) in [5, 5.41) is 15.8. The maximum Gasteiger partial charge on any atom is 0.229 e. The van der Waals surface area contributed by atoms with Crippen molar-refractivity contribution in [1.29, 1.82) is 5.26 Å². The lowest BCUT2D eigenvalue weighted by atomic mass is 10.1. The Morgan fingerprint density at radius 2 is 1.58 bits per heavy atom. The van der Waals surface area contributed by atoms with E-state index >= 15 is 0 Å². The summed E-state index contributed by atoms with van der Waals surface area (Å²) in [4.78, 5) is 9.05. The van der Waals surface area contributed by atoms with Crippen LogP contribution < -0.4 is 10.6 Å². The molecule has 0 atom stereocenters. The van der Waals surface area contributed by atoms with Crippen molar-refractivity contribution in [3.05, 3.63) is 70.4 Å². The lowest BCUT2D eigenvalue weighted by Gasteiger charge is -2.14. The van der Waals surface area contributed by atoms with E-state index in [1.807, 2.05) is 31.2 Å². The Morgan fingerprint density at radius 1 is 0.885 bits per heavy atom. The Morgan fingerprint density at radius 3 is 2.27 bits per heavy atom. The van der Waals surface area contributed by atoms with Crippen molar-refractivity contribution in [2.24, 2.45) is 0 Å². The van der Waals surface area contributed by atoms with E-state index in [9.17, 15) is 5.26 Å². The van der Waals surface area contributed by atoms with Crippen molar-refractivity contribution >= 4 is 23.1 Å². The molecule has 130 valence electrons. The van der Waals surface area contributed by atoms with Crippen molar-refractivity contribution in [2.45, 2.75) is 27.7 Å². The molecule has 3 rings (SSSR count). The molecule has 3 aromatic rings. The van der Waals surface area contributed by atoms with Crippen molar-refractivity contribution in [3.8, 4) is 6.07 Å². The number of hydrogen-bond acceptors (Lipinski definition) is 5. The second-order valence-corrected chi connectivity index (χ2v) is 6.40. The minimum Gasteiger partial charge on any atom is -0.339 e. The van der Waals surface area contributed by atoms with Gasteiger partial charge in [-0.15, -0.1) is 0 Å². The van der Waals surface area contributed by atoms with Crippen LogP contribution in [0.4, 0.5) is 23.1 Å². The summed E-state index contributed by atoms with van der Waals surface area (Å²) in [6.45, 7) is 8.14. The molecule has 0 fully saturated rings. The normalized spacial score (nSPS) is 10.3. The molecule has 0 saturated heterocycles. The molecule has 0 unspecified atom stereocenters. The molecule has 5 heteroatoms. The Kier molecular flexibility index (Phi) is 4.85. The van der Waals surface area contributed by atoms with E-state index in [-0.39, 0.29) is 0 Å². The highest BCUT2D eigenvalue weighted by atomic mass is 15.1. The third kappa shape index (κ3) is 3.81. The first-order chi connectivity index (χ1) is 12.5. The molecule has 0 saturated carbocycles. The van der Waals surface area contributed by atoms with Crippen LogP contribution in [0.5, 0.6) is 0 Å². The number of aromatic nitrogens is 2. The highest BCUT2D eigenvalue weighted by Gasteiger charge is 2.09. The Bertz CT molecular complexity index is 979. The van der Waals surface area contributed by atoms with Crippen LogP contribution >= 0.6 is 0 Å². The molecular formula is C21H21N5. The molecule has 0 spiro atoms. The SMILES string of the molecule is Cc1cc(C)c(Nc2nc(C)cc(Nc3ccccc3C#N)n2)c(C)c1. The van der Waals surface area contributed by atoms with Gasteiger partial charge >= 0.3 is 0 Å². The average molecular weight is 343 g/mol. The predicted octanol–water partition coefficient (Wildman–Crippen LogP) is 5.07. The van der Waals surface area contributed by atoms with E-state index < -0.39 is 0 Å². The van der Waals surface area contributed by atoms with Crippen LogP contribution in [-0.4, -0.2) is 9.97 Å². The van der Waals surface area contributed by atoms with Crippen LogP contribution in [0.2, 0.25) is 0 Å². The van der Waals surface area contributed by atoms with E-state index in [1.54, 1.807) is 6.07 Å². The molecule has 0 bridgehead atoms. The van der Waals surface area contributed by atoms with Gasteiger partial charge in [0.25, 0.3) is 0 Å². The number of benzene rings is 2. The third-order valence-corrected chi connectivity index (χ3v) is 4.08. The van der Waals surface area contributed by atoms with Gasteiger partial charge in [0.05, 0.1) is 11.3 Å². The van der Waals surface area contributed by atoms with Gasteiger partial charge in [0.2, 0.25) is 5.95 Å². The van der Waals surface area contributed by atoms with Crippen LogP contribution in [-0.2, 0) is 0 Å². The Balaban J connectivity index is 1.93. The van der Waals surface area contributed by atoms with Gasteiger partial charge in [-0.3, -0.25) is 0 Å². The van der Waals surface area contributed by atoms with Crippen LogP contribution in [0.3, 0.4) is 0 Å². The molecule has 0 aliphatic heterocycles. The maximum absolute atomic E-state index is 9.25. The number of nitriles is 1. The van der Waals surface area contributed by atoms with E-state index in [2.05, 4.69) is 59.6 Å². The first-order valence-corrected chi connectivity index (χ1v) is 8.43. The average Bonchev–Trinajstić information content (AvgIpc) is 2.58. The number of hydrogen-bond donors (Lipinski definition) is 2. The van der Waals surface area contributed by atoms with Crippen LogP contribution in [0.1, 0.15) is 27.9 Å². The topological polar surface area (TPSA) is 73.6 Å². The van der Waals surface area contributed by atoms with Gasteiger partial charge in [0.15, 0.2) is 0 Å². The summed E-state index contributed by atoms with van der Waals surface area (Å²) >= 11 is 0. The Hall–Kier alpha value is -3.39. The minimum atomic E-state index is 0.525. The molecule has 0 radical (unpaired) electrons. The van der Waals surface area contributed by atoms with Crippen molar-refractivity contribution < 1.29 is 0 Å². The molecule has 0 aliphatic rings. The molecule has 1 heterocycles. The summed E-state index contributed by atoms with van der Waals surface area (Å²) in [5.41, 5.74) is 6.68. The lowest BCUT2D eigenvalue weighted by Crippen LogP contribution is -2.05. The van der Waals surface area contributed by atoms with Gasteiger partial charge in [-0.2, -0.15) is 10.2 Å². The molecule has 0 aliphatic carbocycles. The largest absolute Gasteiger partial charge is 0.339 e. The lowest BCUT2D eigenvalue weighted by molar-refractivity contribution is 1.10. The van der Waals surface area contributed by atoms with Gasteiger partial charge in [-0.25, -0.2) is 4.98 Å². The fraction of sp³-hybridized carbons (Fsp3) is 0.190. The van der Waals surface area contributed by atoms with Gasteiger partial charge in [0, 0.05) is 17.4 Å². The number of nitrogens with one attached hydrogen (secondary N) is 2. The fourth-order valence-electron chi connectivity index (χ4n) is 3.01. The molecule has 5 nitrogen and oxygen atoms in total. The zero-order chi connectivity index (χ0) is 18.7. The van der Waals surface area contributed by atoms with Gasteiger partial charge in [0.1, 0.15) is 11.9 Å². The zero-order valence-corrected chi connectivity index (χ0v) is 15.4. The molecular weight excluding hydrogens is 322 g/mol. The number of para-hydroxylation sites is 1. The van der Waals surface area contributed by atoms with E-state index in [0.717, 1.165) is 28.2 Å². The van der Waals surface area contributed by atoms with Gasteiger partial charge in [-0.05, 0) is 51.0 Å². The number of nitrogens with zero attached hydrogens (tertiary/aromatic N) is 3. The monoisotopic (exact) mass is 343 g/mol. The molecule has 1 aromatic heterocycles. The minimum absolute atomic E-state index is 0.525. The summed E-state index contributed by atoms with van der Waals surface area (Å²) < 4.78 is 0. The quantitative estimate of drug-likeness (QED) is 0.692. The van der Waals surface area contributed by atoms with E-state index in [4.69, 9.17) is 0 Å². The summed E-state index contributed by atoms with van der Waals surface area (Å²) in [7, 11) is 0. The Labute approximate surface area is 153 Å². The summed E-state index contributed by atoms with van der Waals surface area (Å²) in [6.07, 6.45) is 0. The zero-order valence-electron chi connectivity index (χ0n) is 15.4. The van der Waals surface area contributed by atoms with Gasteiger partial charge < -0.3 is 10.6 Å². The van der Waals surface area contributed by atoms with Crippen molar-refractivity contribution in [3.63, 3.8) is 0 Å². The summed E-state index contributed by atoms with van der Waals surface area (Å²) in [5.74, 6) is 1.17. The second-order valence-electron chi connectivity index (χ2n) is 6.40. The fourth-order valence-corrected chi connectivity index (χ4v) is 3.01. The first kappa shape index (κ1) is 17.4. The standard InChI is InChI=1S/C21H21N5/c1-13-9-14(2)20(15(3)10-13)26-21-23-16(4)11-19(25-21)24-18-8-6-5-7-17(18)12-22/h5-11H,1-4H3,(H2,23,24,25,26). The highest BCUT2D eigenvalue weighted by Crippen LogP contribution is 2.26. The van der Waals surface area contributed by atoms with Gasteiger partial charge in [-0.1, -0.05) is 29.8 Å². The van der Waals surface area contributed by atoms with E-state index in [1.165, 1.54) is 5.56 Å². The van der Waals surface area contributed by atoms with Crippen LogP contribution in [0, 0.1) is 39.0 Å². The molecule has 26 heavy (non-hydrogen) atoms. The number of aryl methyl sites for hydroxylation is 4. The second kappa shape index (κ2) is 7.24. The predicted molar refractivity (Wildman–Crippen MR) is 105 cm³/mol. The highest BCUT2D eigenvalue weighted by molar-refractivity contribution is 5.67. The van der Waals surface area contributed by atoms with Crippen LogP contribution in [0.25, 0.3) is 0 Å². The molecule has 0 amide bonds. The molecule has 2 aromatic carbocycles. The van der Waals surface area contributed by atoms with Crippen LogP contribution in [0.15, 0.2) is 42.5 Å². The van der Waals surface area contributed by atoms with E-state index in [0.29, 0.717) is 17.3 Å². The third-order valence-electron chi connectivity index (χ3n) is 4.08. The van der Waals surface area contributed by atoms with Crippen molar-refractivity contribution in [1.82, 2.24) is 9.97 Å². The summed E-state index contributed by atoms with van der Waals surface area (Å²) in [6, 6.07) is 15.7. The molecule has 2 N–H and O–H groups in total. The smallest absolute Gasteiger partial charge is 0.229 e. The number of anilines is 4.